The van der Waals surface area contributed by atoms with E-state index in [2.05, 4.69) is 10.6 Å². The summed E-state index contributed by atoms with van der Waals surface area (Å²) >= 11 is 6.01. The first kappa shape index (κ1) is 16.3. The Morgan fingerprint density at radius 1 is 1.18 bits per heavy atom. The average Bonchev–Trinajstić information content (AvgIpc) is 2.52. The topological polar surface area (TPSA) is 50.4 Å². The van der Waals surface area contributed by atoms with E-state index in [1.807, 2.05) is 43.3 Å². The molecule has 1 atom stereocenters. The molecule has 2 aromatic carbocycles. The molecule has 0 radical (unpaired) electrons. The molecule has 0 aliphatic heterocycles. The minimum Gasteiger partial charge on any atom is -0.375 e. The van der Waals surface area contributed by atoms with Crippen molar-refractivity contribution >= 4 is 23.3 Å². The molecule has 0 heterocycles. The van der Waals surface area contributed by atoms with Gasteiger partial charge >= 0.3 is 6.03 Å². The number of hydrogen-bond donors (Lipinski definition) is 2. The molecule has 4 nitrogen and oxygen atoms in total. The third-order valence-corrected chi connectivity index (χ3v) is 3.72. The van der Waals surface area contributed by atoms with Crippen LogP contribution in [-0.4, -0.2) is 19.7 Å². The summed E-state index contributed by atoms with van der Waals surface area (Å²) in [6.07, 6.45) is -0.196. The third kappa shape index (κ3) is 4.23. The molecule has 0 bridgehead atoms. The Balaban J connectivity index is 1.95. The van der Waals surface area contributed by atoms with E-state index in [-0.39, 0.29) is 12.1 Å². The summed E-state index contributed by atoms with van der Waals surface area (Å²) in [5.74, 6) is 0. The van der Waals surface area contributed by atoms with Crippen molar-refractivity contribution in [2.75, 3.05) is 19.0 Å². The number of ether oxygens (including phenoxy) is 1. The van der Waals surface area contributed by atoms with E-state index >= 15 is 0 Å². The molecule has 0 saturated carbocycles. The van der Waals surface area contributed by atoms with E-state index in [1.165, 1.54) is 0 Å². The number of aryl methyl sites for hydroxylation is 1. The van der Waals surface area contributed by atoms with Gasteiger partial charge in [-0.05, 0) is 30.2 Å². The van der Waals surface area contributed by atoms with E-state index < -0.39 is 0 Å². The van der Waals surface area contributed by atoms with Crippen molar-refractivity contribution in [2.45, 2.75) is 13.0 Å². The molecule has 0 spiro atoms. The Hall–Kier alpha value is -2.04. The Labute approximate surface area is 135 Å². The molecule has 0 saturated heterocycles. The lowest BCUT2D eigenvalue weighted by Crippen LogP contribution is -2.33. The van der Waals surface area contributed by atoms with Gasteiger partial charge in [-0.2, -0.15) is 0 Å². The normalized spacial score (nSPS) is 11.8. The van der Waals surface area contributed by atoms with Gasteiger partial charge in [-0.3, -0.25) is 0 Å². The van der Waals surface area contributed by atoms with Crippen LogP contribution in [0.15, 0.2) is 48.5 Å². The molecule has 116 valence electrons. The zero-order chi connectivity index (χ0) is 15.9. The summed E-state index contributed by atoms with van der Waals surface area (Å²) in [7, 11) is 1.63. The van der Waals surface area contributed by atoms with Crippen molar-refractivity contribution in [3.05, 3.63) is 64.7 Å². The highest BCUT2D eigenvalue weighted by molar-refractivity contribution is 6.33. The van der Waals surface area contributed by atoms with Crippen molar-refractivity contribution in [2.24, 2.45) is 0 Å². The quantitative estimate of drug-likeness (QED) is 0.869. The van der Waals surface area contributed by atoms with Crippen LogP contribution in [0.4, 0.5) is 10.5 Å². The highest BCUT2D eigenvalue weighted by Crippen LogP contribution is 2.21. The van der Waals surface area contributed by atoms with Gasteiger partial charge in [-0.25, -0.2) is 4.79 Å². The van der Waals surface area contributed by atoms with Crippen LogP contribution in [0.1, 0.15) is 17.2 Å². The highest BCUT2D eigenvalue weighted by Gasteiger charge is 2.14. The van der Waals surface area contributed by atoms with E-state index in [4.69, 9.17) is 16.3 Å². The molecule has 22 heavy (non-hydrogen) atoms. The first-order valence-corrected chi connectivity index (χ1v) is 7.37. The molecular weight excluding hydrogens is 300 g/mol. The second-order valence-corrected chi connectivity index (χ2v) is 5.30. The first-order valence-electron chi connectivity index (χ1n) is 6.99. The van der Waals surface area contributed by atoms with Gasteiger partial charge in [0.15, 0.2) is 0 Å². The van der Waals surface area contributed by atoms with Gasteiger partial charge < -0.3 is 15.4 Å². The number of halogens is 1. The zero-order valence-corrected chi connectivity index (χ0v) is 13.4. The maximum atomic E-state index is 12.0. The van der Waals surface area contributed by atoms with Crippen molar-refractivity contribution in [3.8, 4) is 0 Å². The van der Waals surface area contributed by atoms with E-state index in [0.717, 1.165) is 11.1 Å². The number of hydrogen-bond acceptors (Lipinski definition) is 2. The van der Waals surface area contributed by atoms with Crippen LogP contribution in [0, 0.1) is 6.92 Å². The average molecular weight is 319 g/mol. The van der Waals surface area contributed by atoms with Crippen molar-refractivity contribution in [1.82, 2.24) is 5.32 Å². The van der Waals surface area contributed by atoms with E-state index in [9.17, 15) is 4.79 Å². The van der Waals surface area contributed by atoms with Crippen LogP contribution in [0.2, 0.25) is 5.02 Å². The van der Waals surface area contributed by atoms with Gasteiger partial charge in [0.2, 0.25) is 0 Å². The van der Waals surface area contributed by atoms with Crippen molar-refractivity contribution in [3.63, 3.8) is 0 Å². The number of carbonyl (C=O) groups excluding carboxylic acids is 1. The second-order valence-electron chi connectivity index (χ2n) is 4.90. The van der Waals surface area contributed by atoms with Crippen LogP contribution in [-0.2, 0) is 4.74 Å². The highest BCUT2D eigenvalue weighted by atomic mass is 35.5. The summed E-state index contributed by atoms with van der Waals surface area (Å²) < 4.78 is 5.47. The summed E-state index contributed by atoms with van der Waals surface area (Å²) in [4.78, 5) is 12.0. The molecular formula is C17H19ClN2O2. The minimum absolute atomic E-state index is 0.196. The van der Waals surface area contributed by atoms with Crippen molar-refractivity contribution < 1.29 is 9.53 Å². The standard InChI is InChI=1S/C17H19ClN2O2/c1-12-7-3-4-8-13(12)16(22-2)11-19-17(21)20-15-10-6-5-9-14(15)18/h3-10,16H,11H2,1-2H3,(H2,19,20,21)/t16-/m1/s1. The number of nitrogens with one attached hydrogen (secondary N) is 2. The fourth-order valence-electron chi connectivity index (χ4n) is 2.18. The van der Waals surface area contributed by atoms with Crippen LogP contribution in [0.25, 0.3) is 0 Å². The smallest absolute Gasteiger partial charge is 0.319 e. The van der Waals surface area contributed by atoms with Gasteiger partial charge in [0.05, 0.1) is 16.8 Å². The maximum absolute atomic E-state index is 12.0. The third-order valence-electron chi connectivity index (χ3n) is 3.39. The van der Waals surface area contributed by atoms with Crippen molar-refractivity contribution in [1.29, 1.82) is 0 Å². The summed E-state index contributed by atoms with van der Waals surface area (Å²) in [6.45, 7) is 2.39. The largest absolute Gasteiger partial charge is 0.375 e. The number of benzene rings is 2. The Morgan fingerprint density at radius 3 is 2.55 bits per heavy atom. The number of anilines is 1. The number of carbonyl (C=O) groups is 1. The molecule has 0 aliphatic rings. The molecule has 0 aromatic heterocycles. The summed E-state index contributed by atoms with van der Waals surface area (Å²) in [6, 6.07) is 14.7. The number of para-hydroxylation sites is 1. The molecule has 2 N–H and O–H groups in total. The van der Waals surface area contributed by atoms with Crippen LogP contribution < -0.4 is 10.6 Å². The minimum atomic E-state index is -0.316. The van der Waals surface area contributed by atoms with E-state index in [0.29, 0.717) is 17.3 Å². The Morgan fingerprint density at radius 2 is 1.86 bits per heavy atom. The van der Waals surface area contributed by atoms with E-state index in [1.54, 1.807) is 19.2 Å². The van der Waals surface area contributed by atoms with Gasteiger partial charge in [0.25, 0.3) is 0 Å². The predicted octanol–water partition coefficient (Wildman–Crippen LogP) is 4.16. The molecule has 2 aromatic rings. The predicted molar refractivity (Wildman–Crippen MR) is 89.4 cm³/mol. The summed E-state index contributed by atoms with van der Waals surface area (Å²) in [5, 5.41) is 6.02. The van der Waals surface area contributed by atoms with Gasteiger partial charge in [-0.15, -0.1) is 0 Å². The fourth-order valence-corrected chi connectivity index (χ4v) is 2.37. The van der Waals surface area contributed by atoms with Gasteiger partial charge in [-0.1, -0.05) is 48.0 Å². The monoisotopic (exact) mass is 318 g/mol. The number of methoxy groups -OCH3 is 1. The first-order chi connectivity index (χ1) is 10.6. The molecule has 0 aliphatic carbocycles. The maximum Gasteiger partial charge on any atom is 0.319 e. The molecule has 5 heteroatoms. The van der Waals surface area contributed by atoms with Crippen LogP contribution >= 0.6 is 11.6 Å². The van der Waals surface area contributed by atoms with Gasteiger partial charge in [0.1, 0.15) is 0 Å². The summed E-state index contributed by atoms with van der Waals surface area (Å²) in [5.41, 5.74) is 2.76. The Kier molecular flexibility index (Phi) is 5.81. The molecule has 2 rings (SSSR count). The lowest BCUT2D eigenvalue weighted by molar-refractivity contribution is 0.104. The second kappa shape index (κ2) is 7.82. The Bertz CT molecular complexity index is 646. The van der Waals surface area contributed by atoms with Crippen LogP contribution in [0.3, 0.4) is 0 Å². The zero-order valence-electron chi connectivity index (χ0n) is 12.6. The lowest BCUT2D eigenvalue weighted by Gasteiger charge is -2.19. The number of urea groups is 1. The van der Waals surface area contributed by atoms with Gasteiger partial charge in [0, 0.05) is 13.7 Å². The number of amides is 2. The number of rotatable bonds is 5. The van der Waals surface area contributed by atoms with Crippen LogP contribution in [0.5, 0.6) is 0 Å². The lowest BCUT2D eigenvalue weighted by atomic mass is 10.0. The molecule has 2 amide bonds. The molecule has 0 unspecified atom stereocenters. The molecule has 0 fully saturated rings. The SMILES string of the molecule is CO[C@H](CNC(=O)Nc1ccccc1Cl)c1ccccc1C. The fraction of sp³-hybridized carbons (Fsp3) is 0.235.